The number of nitrogens with two attached hydrogens (primary N) is 1. The third kappa shape index (κ3) is 2.49. The van der Waals surface area contributed by atoms with Gasteiger partial charge in [-0.1, -0.05) is 13.0 Å². The Bertz CT molecular complexity index is 376. The molecule has 1 aliphatic carbocycles. The molecule has 80 valence electrons. The molecule has 0 aliphatic heterocycles. The van der Waals surface area contributed by atoms with Crippen molar-refractivity contribution < 1.29 is 4.79 Å². The van der Waals surface area contributed by atoms with Crippen LogP contribution in [-0.4, -0.2) is 12.5 Å². The number of carbonyl (C=O) groups excluding carboxylic acids is 1. The lowest BCUT2D eigenvalue weighted by Gasteiger charge is -2.04. The zero-order valence-electron chi connectivity index (χ0n) is 8.86. The van der Waals surface area contributed by atoms with E-state index in [1.54, 1.807) is 24.3 Å². The van der Waals surface area contributed by atoms with Crippen LogP contribution >= 0.6 is 0 Å². The highest BCUT2D eigenvalue weighted by Crippen LogP contribution is 2.36. The van der Waals surface area contributed by atoms with Crippen molar-refractivity contribution >= 4 is 11.6 Å². The molecule has 3 heteroatoms. The van der Waals surface area contributed by atoms with Gasteiger partial charge in [0.25, 0.3) is 5.91 Å². The molecule has 1 aliphatic rings. The molecule has 0 heterocycles. The van der Waals surface area contributed by atoms with Gasteiger partial charge in [0.1, 0.15) is 0 Å². The minimum Gasteiger partial charge on any atom is -0.399 e. The van der Waals surface area contributed by atoms with Crippen LogP contribution < -0.4 is 11.1 Å². The maximum absolute atomic E-state index is 11.7. The van der Waals surface area contributed by atoms with E-state index in [0.29, 0.717) is 17.2 Å². The Balaban J connectivity index is 1.90. The van der Waals surface area contributed by atoms with Gasteiger partial charge in [-0.15, -0.1) is 0 Å². The van der Waals surface area contributed by atoms with Gasteiger partial charge in [0.15, 0.2) is 0 Å². The summed E-state index contributed by atoms with van der Waals surface area (Å²) in [6.07, 6.45) is 1.23. The predicted octanol–water partition coefficient (Wildman–Crippen LogP) is 1.65. The second-order valence-electron chi connectivity index (χ2n) is 4.31. The minimum atomic E-state index is -0.0265. The molecule has 3 nitrogen and oxygen atoms in total. The van der Waals surface area contributed by atoms with E-state index in [1.165, 1.54) is 6.42 Å². The normalized spacial score (nSPS) is 23.5. The summed E-state index contributed by atoms with van der Waals surface area (Å²) in [4.78, 5) is 11.7. The Labute approximate surface area is 89.7 Å². The largest absolute Gasteiger partial charge is 0.399 e. The second-order valence-corrected chi connectivity index (χ2v) is 4.31. The maximum atomic E-state index is 11.7. The van der Waals surface area contributed by atoms with Crippen LogP contribution in [0.1, 0.15) is 23.7 Å². The van der Waals surface area contributed by atoms with Gasteiger partial charge >= 0.3 is 0 Å². The Morgan fingerprint density at radius 2 is 2.33 bits per heavy atom. The zero-order chi connectivity index (χ0) is 10.8. The summed E-state index contributed by atoms with van der Waals surface area (Å²) in [5, 5.41) is 2.92. The lowest BCUT2D eigenvalue weighted by atomic mass is 10.2. The Morgan fingerprint density at radius 1 is 1.60 bits per heavy atom. The lowest BCUT2D eigenvalue weighted by molar-refractivity contribution is 0.0951. The first-order chi connectivity index (χ1) is 7.16. The second kappa shape index (κ2) is 3.93. The molecule has 3 N–H and O–H groups in total. The van der Waals surface area contributed by atoms with Crippen molar-refractivity contribution in [3.63, 3.8) is 0 Å². The van der Waals surface area contributed by atoms with Crippen molar-refractivity contribution in [1.82, 2.24) is 5.32 Å². The SMILES string of the molecule is CC1CC1CNC(=O)c1cccc(N)c1. The molecule has 1 aromatic carbocycles. The molecule has 0 bridgehead atoms. The number of hydrogen-bond acceptors (Lipinski definition) is 2. The highest BCUT2D eigenvalue weighted by atomic mass is 16.1. The summed E-state index contributed by atoms with van der Waals surface area (Å²) in [6, 6.07) is 7.05. The molecule has 15 heavy (non-hydrogen) atoms. The fourth-order valence-electron chi connectivity index (χ4n) is 1.69. The standard InChI is InChI=1S/C12H16N2O/c1-8-5-10(8)7-14-12(15)9-3-2-4-11(13)6-9/h2-4,6,8,10H,5,7,13H2,1H3,(H,14,15). The van der Waals surface area contributed by atoms with Gasteiger partial charge in [-0.05, 0) is 36.5 Å². The van der Waals surface area contributed by atoms with Crippen molar-refractivity contribution in [3.8, 4) is 0 Å². The molecule has 0 saturated heterocycles. The van der Waals surface area contributed by atoms with Gasteiger partial charge in [-0.3, -0.25) is 4.79 Å². The van der Waals surface area contributed by atoms with Gasteiger partial charge in [-0.25, -0.2) is 0 Å². The fraction of sp³-hybridized carbons (Fsp3) is 0.417. The van der Waals surface area contributed by atoms with Gasteiger partial charge in [0.05, 0.1) is 0 Å². The number of carbonyl (C=O) groups is 1. The molecule has 1 fully saturated rings. The van der Waals surface area contributed by atoms with E-state index >= 15 is 0 Å². The van der Waals surface area contributed by atoms with Crippen LogP contribution in [0.3, 0.4) is 0 Å². The number of benzene rings is 1. The highest BCUT2D eigenvalue weighted by molar-refractivity contribution is 5.94. The Hall–Kier alpha value is -1.51. The van der Waals surface area contributed by atoms with Crippen molar-refractivity contribution in [2.75, 3.05) is 12.3 Å². The lowest BCUT2D eigenvalue weighted by Crippen LogP contribution is -2.25. The maximum Gasteiger partial charge on any atom is 0.251 e. The van der Waals surface area contributed by atoms with Crippen LogP contribution in [0.25, 0.3) is 0 Å². The van der Waals surface area contributed by atoms with Crippen LogP contribution in [0.2, 0.25) is 0 Å². The topological polar surface area (TPSA) is 55.1 Å². The number of hydrogen-bond donors (Lipinski definition) is 2. The third-order valence-electron chi connectivity index (χ3n) is 2.95. The molecular weight excluding hydrogens is 188 g/mol. The Kier molecular flexibility index (Phi) is 2.62. The average Bonchev–Trinajstić information content (AvgIpc) is 2.91. The molecule has 0 radical (unpaired) electrons. The van der Waals surface area contributed by atoms with E-state index in [2.05, 4.69) is 12.2 Å². The molecule has 2 rings (SSSR count). The fourth-order valence-corrected chi connectivity index (χ4v) is 1.69. The number of amides is 1. The molecule has 1 aromatic rings. The van der Waals surface area contributed by atoms with E-state index in [4.69, 9.17) is 5.73 Å². The monoisotopic (exact) mass is 204 g/mol. The number of nitrogens with one attached hydrogen (secondary N) is 1. The molecule has 2 atom stereocenters. The molecule has 2 unspecified atom stereocenters. The minimum absolute atomic E-state index is 0.0265. The first kappa shape index (κ1) is 10.0. The molecule has 0 aromatic heterocycles. The first-order valence-electron chi connectivity index (χ1n) is 5.30. The summed E-state index contributed by atoms with van der Waals surface area (Å²) >= 11 is 0. The third-order valence-corrected chi connectivity index (χ3v) is 2.95. The van der Waals surface area contributed by atoms with Crippen molar-refractivity contribution in [1.29, 1.82) is 0 Å². The summed E-state index contributed by atoms with van der Waals surface area (Å²) < 4.78 is 0. The first-order valence-corrected chi connectivity index (χ1v) is 5.30. The Morgan fingerprint density at radius 3 is 2.93 bits per heavy atom. The van der Waals surface area contributed by atoms with Crippen molar-refractivity contribution in [3.05, 3.63) is 29.8 Å². The van der Waals surface area contributed by atoms with Crippen LogP contribution in [-0.2, 0) is 0 Å². The van der Waals surface area contributed by atoms with E-state index in [1.807, 2.05) is 0 Å². The van der Waals surface area contributed by atoms with Gasteiger partial charge < -0.3 is 11.1 Å². The van der Waals surface area contributed by atoms with Gasteiger partial charge in [0, 0.05) is 17.8 Å². The van der Waals surface area contributed by atoms with Crippen LogP contribution in [0.15, 0.2) is 24.3 Å². The predicted molar refractivity (Wildman–Crippen MR) is 60.5 cm³/mol. The highest BCUT2D eigenvalue weighted by Gasteiger charge is 2.32. The summed E-state index contributed by atoms with van der Waals surface area (Å²) in [7, 11) is 0. The molecular formula is C12H16N2O. The quantitative estimate of drug-likeness (QED) is 0.736. The van der Waals surface area contributed by atoms with Crippen molar-refractivity contribution in [2.45, 2.75) is 13.3 Å². The summed E-state index contributed by atoms with van der Waals surface area (Å²) in [5.41, 5.74) is 6.88. The van der Waals surface area contributed by atoms with E-state index in [-0.39, 0.29) is 5.91 Å². The summed E-state index contributed by atoms with van der Waals surface area (Å²) in [6.45, 7) is 2.99. The molecule has 0 spiro atoms. The van der Waals surface area contributed by atoms with E-state index < -0.39 is 0 Å². The van der Waals surface area contributed by atoms with Crippen LogP contribution in [0, 0.1) is 11.8 Å². The van der Waals surface area contributed by atoms with Gasteiger partial charge in [-0.2, -0.15) is 0 Å². The number of anilines is 1. The van der Waals surface area contributed by atoms with Gasteiger partial charge in [0.2, 0.25) is 0 Å². The summed E-state index contributed by atoms with van der Waals surface area (Å²) in [5.74, 6) is 1.42. The zero-order valence-corrected chi connectivity index (χ0v) is 8.86. The van der Waals surface area contributed by atoms with E-state index in [0.717, 1.165) is 12.5 Å². The van der Waals surface area contributed by atoms with E-state index in [9.17, 15) is 4.79 Å². The van der Waals surface area contributed by atoms with Crippen LogP contribution in [0.5, 0.6) is 0 Å². The number of rotatable bonds is 3. The smallest absolute Gasteiger partial charge is 0.251 e. The van der Waals surface area contributed by atoms with Crippen LogP contribution in [0.4, 0.5) is 5.69 Å². The molecule has 1 saturated carbocycles. The number of nitrogen functional groups attached to an aromatic ring is 1. The average molecular weight is 204 g/mol. The van der Waals surface area contributed by atoms with Crippen molar-refractivity contribution in [2.24, 2.45) is 11.8 Å². The molecule has 1 amide bonds.